The summed E-state index contributed by atoms with van der Waals surface area (Å²) < 4.78 is 33.4. The van der Waals surface area contributed by atoms with Gasteiger partial charge in [-0.1, -0.05) is 0 Å². The lowest BCUT2D eigenvalue weighted by atomic mass is 10.2. The van der Waals surface area contributed by atoms with E-state index in [-0.39, 0.29) is 6.04 Å². The zero-order chi connectivity index (χ0) is 15.6. The van der Waals surface area contributed by atoms with Gasteiger partial charge in [0.1, 0.15) is 9.97 Å². The van der Waals surface area contributed by atoms with Crippen LogP contribution in [0.2, 0.25) is 0 Å². The molecule has 1 atom stereocenters. The van der Waals surface area contributed by atoms with E-state index in [1.165, 1.54) is 11.3 Å². The summed E-state index contributed by atoms with van der Waals surface area (Å²) in [6.45, 7) is 4.18. The molecular weight excluding hydrogens is 320 g/mol. The van der Waals surface area contributed by atoms with Gasteiger partial charge in [0.05, 0.1) is 12.3 Å². The summed E-state index contributed by atoms with van der Waals surface area (Å²) in [5, 5.41) is 0. The molecular formula is C15H20N2O3S2. The lowest BCUT2D eigenvalue weighted by Crippen LogP contribution is -2.36. The molecule has 120 valence electrons. The molecule has 0 spiro atoms. The Labute approximate surface area is 135 Å². The molecule has 0 aliphatic carbocycles. The number of hydrogen-bond acceptors (Lipinski definition) is 5. The Hall–Kier alpha value is -1.15. The zero-order valence-corrected chi connectivity index (χ0v) is 14.1. The molecule has 1 aliphatic heterocycles. The molecule has 3 rings (SSSR count). The van der Waals surface area contributed by atoms with Crippen molar-refractivity contribution in [3.63, 3.8) is 0 Å². The number of hydrogen-bond donors (Lipinski definition) is 1. The van der Waals surface area contributed by atoms with Crippen LogP contribution in [0.25, 0.3) is 0 Å². The fourth-order valence-electron chi connectivity index (χ4n) is 2.76. The van der Waals surface area contributed by atoms with Crippen LogP contribution in [0.5, 0.6) is 0 Å². The molecule has 1 fully saturated rings. The van der Waals surface area contributed by atoms with E-state index in [9.17, 15) is 8.42 Å². The number of aryl methyl sites for hydroxylation is 1. The average Bonchev–Trinajstić information content (AvgIpc) is 3.20. The van der Waals surface area contributed by atoms with E-state index in [1.807, 2.05) is 25.1 Å². The van der Waals surface area contributed by atoms with E-state index < -0.39 is 10.0 Å². The van der Waals surface area contributed by atoms with Crippen molar-refractivity contribution >= 4 is 21.4 Å². The Morgan fingerprint density at radius 3 is 2.68 bits per heavy atom. The predicted octanol–water partition coefficient (Wildman–Crippen LogP) is 2.76. The Morgan fingerprint density at radius 2 is 2.09 bits per heavy atom. The van der Waals surface area contributed by atoms with Gasteiger partial charge in [0.15, 0.2) is 0 Å². The SMILES string of the molecule is Cc1ccc(S(=O)(=O)NCC(c2ccco2)N2CCCC2)s1. The summed E-state index contributed by atoms with van der Waals surface area (Å²) in [7, 11) is -3.45. The first-order valence-corrected chi connectivity index (χ1v) is 9.70. The molecule has 22 heavy (non-hydrogen) atoms. The van der Waals surface area contributed by atoms with E-state index in [2.05, 4.69) is 9.62 Å². The average molecular weight is 340 g/mol. The molecule has 1 unspecified atom stereocenters. The molecule has 7 heteroatoms. The van der Waals surface area contributed by atoms with Gasteiger partial charge in [-0.3, -0.25) is 4.90 Å². The number of rotatable bonds is 6. The monoisotopic (exact) mass is 340 g/mol. The number of thiophene rings is 1. The minimum atomic E-state index is -3.45. The molecule has 2 aromatic rings. The number of nitrogens with zero attached hydrogens (tertiary/aromatic N) is 1. The molecule has 0 bridgehead atoms. The van der Waals surface area contributed by atoms with Crippen LogP contribution in [0.3, 0.4) is 0 Å². The van der Waals surface area contributed by atoms with Crippen LogP contribution in [0.1, 0.15) is 29.5 Å². The van der Waals surface area contributed by atoms with Crippen molar-refractivity contribution in [2.75, 3.05) is 19.6 Å². The molecule has 1 saturated heterocycles. The predicted molar refractivity (Wildman–Crippen MR) is 86.5 cm³/mol. The van der Waals surface area contributed by atoms with Gasteiger partial charge in [0.25, 0.3) is 0 Å². The van der Waals surface area contributed by atoms with Crippen LogP contribution in [-0.2, 0) is 10.0 Å². The van der Waals surface area contributed by atoms with Crippen LogP contribution < -0.4 is 4.72 Å². The van der Waals surface area contributed by atoms with Gasteiger partial charge in [0, 0.05) is 11.4 Å². The van der Waals surface area contributed by atoms with Crippen LogP contribution in [0, 0.1) is 6.92 Å². The number of sulfonamides is 1. The van der Waals surface area contributed by atoms with Gasteiger partial charge in [-0.05, 0) is 57.1 Å². The highest BCUT2D eigenvalue weighted by atomic mass is 32.2. The standard InChI is InChI=1S/C15H20N2O3S2/c1-12-6-7-15(21-12)22(18,19)16-11-13(14-5-4-10-20-14)17-8-2-3-9-17/h4-7,10,13,16H,2-3,8-9,11H2,1H3. The summed E-state index contributed by atoms with van der Waals surface area (Å²) >= 11 is 1.29. The molecule has 0 saturated carbocycles. The van der Waals surface area contributed by atoms with Gasteiger partial charge in [-0.2, -0.15) is 0 Å². The van der Waals surface area contributed by atoms with Gasteiger partial charge in [-0.25, -0.2) is 13.1 Å². The maximum Gasteiger partial charge on any atom is 0.250 e. The summed E-state index contributed by atoms with van der Waals surface area (Å²) in [6.07, 6.45) is 3.93. The second-order valence-corrected chi connectivity index (χ2v) is 8.77. The maximum absolute atomic E-state index is 12.4. The van der Waals surface area contributed by atoms with E-state index >= 15 is 0 Å². The maximum atomic E-state index is 12.4. The molecule has 0 aromatic carbocycles. The van der Waals surface area contributed by atoms with E-state index in [1.54, 1.807) is 12.3 Å². The number of likely N-dealkylation sites (tertiary alicyclic amines) is 1. The van der Waals surface area contributed by atoms with Crippen molar-refractivity contribution < 1.29 is 12.8 Å². The molecule has 1 aliphatic rings. The van der Waals surface area contributed by atoms with Gasteiger partial charge < -0.3 is 4.42 Å². The van der Waals surface area contributed by atoms with E-state index in [0.29, 0.717) is 10.8 Å². The molecule has 5 nitrogen and oxygen atoms in total. The van der Waals surface area contributed by atoms with Crippen molar-refractivity contribution in [3.8, 4) is 0 Å². The smallest absolute Gasteiger partial charge is 0.250 e. The third-order valence-electron chi connectivity index (χ3n) is 3.90. The van der Waals surface area contributed by atoms with Crippen molar-refractivity contribution in [1.29, 1.82) is 0 Å². The summed E-state index contributed by atoms with van der Waals surface area (Å²) in [6, 6.07) is 7.18. The highest BCUT2D eigenvalue weighted by molar-refractivity contribution is 7.91. The Balaban J connectivity index is 1.74. The molecule has 3 heterocycles. The van der Waals surface area contributed by atoms with Gasteiger partial charge in [0.2, 0.25) is 10.0 Å². The van der Waals surface area contributed by atoms with Crippen LogP contribution in [0.4, 0.5) is 0 Å². The highest BCUT2D eigenvalue weighted by Crippen LogP contribution is 2.26. The Kier molecular flexibility index (Phi) is 4.67. The minimum Gasteiger partial charge on any atom is -0.468 e. The summed E-state index contributed by atoms with van der Waals surface area (Å²) in [5.74, 6) is 0.812. The quantitative estimate of drug-likeness (QED) is 0.878. The fraction of sp³-hybridized carbons (Fsp3) is 0.467. The molecule has 2 aromatic heterocycles. The highest BCUT2D eigenvalue weighted by Gasteiger charge is 2.27. The third kappa shape index (κ3) is 3.43. The largest absolute Gasteiger partial charge is 0.468 e. The van der Waals surface area contributed by atoms with Crippen molar-refractivity contribution in [2.24, 2.45) is 0 Å². The Bertz CT molecular complexity index is 701. The summed E-state index contributed by atoms with van der Waals surface area (Å²) in [4.78, 5) is 3.27. The normalized spacial score (nSPS) is 17.9. The third-order valence-corrected chi connectivity index (χ3v) is 6.82. The number of furan rings is 1. The first-order valence-electron chi connectivity index (χ1n) is 7.40. The topological polar surface area (TPSA) is 62.6 Å². The second-order valence-electron chi connectivity index (χ2n) is 5.49. The minimum absolute atomic E-state index is 0.0478. The van der Waals surface area contributed by atoms with Crippen LogP contribution >= 0.6 is 11.3 Å². The lowest BCUT2D eigenvalue weighted by Gasteiger charge is -2.25. The van der Waals surface area contributed by atoms with Crippen LogP contribution in [-0.4, -0.2) is 33.0 Å². The van der Waals surface area contributed by atoms with E-state index in [4.69, 9.17) is 4.42 Å². The van der Waals surface area contributed by atoms with Crippen LogP contribution in [0.15, 0.2) is 39.2 Å². The second kappa shape index (κ2) is 6.54. The molecule has 0 amide bonds. The number of nitrogens with one attached hydrogen (secondary N) is 1. The zero-order valence-electron chi connectivity index (χ0n) is 12.5. The van der Waals surface area contributed by atoms with Crippen molar-refractivity contribution in [2.45, 2.75) is 30.0 Å². The van der Waals surface area contributed by atoms with E-state index in [0.717, 1.165) is 36.6 Å². The van der Waals surface area contributed by atoms with Crippen molar-refractivity contribution in [1.82, 2.24) is 9.62 Å². The molecule has 1 N–H and O–H groups in total. The summed E-state index contributed by atoms with van der Waals surface area (Å²) in [5.41, 5.74) is 0. The first kappa shape index (κ1) is 15.7. The Morgan fingerprint density at radius 1 is 1.32 bits per heavy atom. The first-order chi connectivity index (χ1) is 10.6. The molecule has 0 radical (unpaired) electrons. The van der Waals surface area contributed by atoms with Gasteiger partial charge >= 0.3 is 0 Å². The van der Waals surface area contributed by atoms with Gasteiger partial charge in [-0.15, -0.1) is 11.3 Å². The van der Waals surface area contributed by atoms with Crippen molar-refractivity contribution in [3.05, 3.63) is 41.2 Å². The lowest BCUT2D eigenvalue weighted by molar-refractivity contribution is 0.216. The fourth-order valence-corrected chi connectivity index (χ4v) is 5.13.